The van der Waals surface area contributed by atoms with E-state index in [0.717, 1.165) is 0 Å². The highest BCUT2D eigenvalue weighted by Crippen LogP contribution is 2.20. The summed E-state index contributed by atoms with van der Waals surface area (Å²) in [5, 5.41) is 0. The average Bonchev–Trinajstić information content (AvgIpc) is 2.74. The maximum atomic E-state index is 5.72. The highest BCUT2D eigenvalue weighted by molar-refractivity contribution is 9.10. The summed E-state index contributed by atoms with van der Waals surface area (Å²) in [5.41, 5.74) is 0.705. The van der Waals surface area contributed by atoms with Crippen molar-refractivity contribution in [1.29, 1.82) is 0 Å². The lowest BCUT2D eigenvalue weighted by Crippen LogP contribution is -2.20. The van der Waals surface area contributed by atoms with Gasteiger partial charge in [-0.3, -0.25) is 4.40 Å². The summed E-state index contributed by atoms with van der Waals surface area (Å²) in [6.45, 7) is 5.12. The molecule has 17 heavy (non-hydrogen) atoms. The topological polar surface area (TPSA) is 48.7 Å². The van der Waals surface area contributed by atoms with Gasteiger partial charge in [0.25, 0.3) is 5.88 Å². The second-order valence-electron chi connectivity index (χ2n) is 3.61. The van der Waals surface area contributed by atoms with Crippen LogP contribution in [0.2, 0.25) is 0 Å². The number of rotatable bonds is 5. The fraction of sp³-hybridized carbons (Fsp3) is 0.455. The molecule has 0 spiro atoms. The molecule has 2 heterocycles. The lowest BCUT2D eigenvalue weighted by molar-refractivity contribution is 0.0638. The molecular formula is C11H14BrN3O2. The number of nitrogens with zero attached hydrogens (tertiary/aromatic N) is 3. The molecule has 2 rings (SSSR count). The predicted molar refractivity (Wildman–Crippen MR) is 67.3 cm³/mol. The molecule has 0 aromatic carbocycles. The van der Waals surface area contributed by atoms with Crippen LogP contribution in [0.25, 0.3) is 5.65 Å². The Bertz CT molecular complexity index is 500. The van der Waals surface area contributed by atoms with Crippen molar-refractivity contribution in [2.45, 2.75) is 20.0 Å². The number of fused-ring (bicyclic) bond motifs is 1. The summed E-state index contributed by atoms with van der Waals surface area (Å²) in [6, 6.07) is 0. The molecule has 2 aromatic heterocycles. The highest BCUT2D eigenvalue weighted by atomic mass is 79.9. The monoisotopic (exact) mass is 299 g/mol. The van der Waals surface area contributed by atoms with Gasteiger partial charge < -0.3 is 9.47 Å². The summed E-state index contributed by atoms with van der Waals surface area (Å²) in [6.07, 6.45) is 5.34. The van der Waals surface area contributed by atoms with Crippen LogP contribution in [-0.4, -0.2) is 33.7 Å². The molecule has 0 N–H and O–H groups in total. The van der Waals surface area contributed by atoms with Crippen LogP contribution >= 0.6 is 15.9 Å². The van der Waals surface area contributed by atoms with Crippen LogP contribution < -0.4 is 4.74 Å². The quantitative estimate of drug-likeness (QED) is 0.850. The first kappa shape index (κ1) is 12.3. The van der Waals surface area contributed by atoms with E-state index >= 15 is 0 Å². The van der Waals surface area contributed by atoms with Crippen LogP contribution in [0.5, 0.6) is 5.88 Å². The highest BCUT2D eigenvalue weighted by Gasteiger charge is 2.11. The largest absolute Gasteiger partial charge is 0.470 e. The zero-order valence-electron chi connectivity index (χ0n) is 9.76. The Morgan fingerprint density at radius 1 is 1.53 bits per heavy atom. The third-order valence-electron chi connectivity index (χ3n) is 2.18. The lowest BCUT2D eigenvalue weighted by Gasteiger charge is -2.14. The summed E-state index contributed by atoms with van der Waals surface area (Å²) >= 11 is 3.34. The molecule has 0 fully saturated rings. The lowest BCUT2D eigenvalue weighted by atomic mass is 10.4. The van der Waals surface area contributed by atoms with E-state index in [-0.39, 0.29) is 6.10 Å². The predicted octanol–water partition coefficient (Wildman–Crippen LogP) is 2.30. The van der Waals surface area contributed by atoms with Crippen molar-refractivity contribution >= 4 is 21.6 Å². The van der Waals surface area contributed by atoms with Gasteiger partial charge in [-0.1, -0.05) is 0 Å². The van der Waals surface area contributed by atoms with Crippen molar-refractivity contribution < 1.29 is 9.47 Å². The third-order valence-corrected chi connectivity index (χ3v) is 2.57. The Morgan fingerprint density at radius 2 is 2.35 bits per heavy atom. The first-order valence-electron chi connectivity index (χ1n) is 5.44. The van der Waals surface area contributed by atoms with Crippen molar-refractivity contribution in [1.82, 2.24) is 14.4 Å². The minimum Gasteiger partial charge on any atom is -0.470 e. The van der Waals surface area contributed by atoms with E-state index in [2.05, 4.69) is 25.9 Å². The van der Waals surface area contributed by atoms with Gasteiger partial charge in [-0.15, -0.1) is 0 Å². The van der Waals surface area contributed by atoms with Gasteiger partial charge in [0.05, 0.1) is 6.61 Å². The standard InChI is InChI=1S/C11H14BrN3O2/c1-3-16-7-8(2)17-11-10-13-4-5-15(10)6-9(12)14-11/h4-6,8H,3,7H2,1-2H3. The van der Waals surface area contributed by atoms with Crippen molar-refractivity contribution in [2.75, 3.05) is 13.2 Å². The Kier molecular flexibility index (Phi) is 3.96. The van der Waals surface area contributed by atoms with E-state index in [4.69, 9.17) is 9.47 Å². The number of imidazole rings is 1. The number of ether oxygens (including phenoxy) is 2. The molecule has 92 valence electrons. The van der Waals surface area contributed by atoms with Crippen LogP contribution in [0.4, 0.5) is 0 Å². The molecule has 6 heteroatoms. The Hall–Kier alpha value is -1.14. The van der Waals surface area contributed by atoms with Gasteiger partial charge >= 0.3 is 0 Å². The Balaban J connectivity index is 2.19. The summed E-state index contributed by atoms with van der Waals surface area (Å²) in [4.78, 5) is 8.48. The van der Waals surface area contributed by atoms with Crippen molar-refractivity contribution in [3.63, 3.8) is 0 Å². The SMILES string of the molecule is CCOCC(C)Oc1nc(Br)cn2ccnc12. The van der Waals surface area contributed by atoms with Gasteiger partial charge in [0, 0.05) is 25.2 Å². The van der Waals surface area contributed by atoms with Gasteiger partial charge in [-0.25, -0.2) is 9.97 Å². The molecule has 1 unspecified atom stereocenters. The van der Waals surface area contributed by atoms with E-state index in [1.807, 2.05) is 30.6 Å². The molecule has 0 aliphatic carbocycles. The van der Waals surface area contributed by atoms with Crippen LogP contribution in [0.1, 0.15) is 13.8 Å². The number of hydrogen-bond acceptors (Lipinski definition) is 4. The minimum atomic E-state index is -0.0581. The van der Waals surface area contributed by atoms with Gasteiger partial charge in [0.15, 0.2) is 0 Å². The van der Waals surface area contributed by atoms with E-state index in [1.165, 1.54) is 0 Å². The van der Waals surface area contributed by atoms with Crippen LogP contribution in [0, 0.1) is 0 Å². The molecule has 2 aromatic rings. The van der Waals surface area contributed by atoms with Crippen molar-refractivity contribution in [3.8, 4) is 5.88 Å². The first-order chi connectivity index (χ1) is 8.20. The molecule has 0 saturated heterocycles. The molecule has 0 bridgehead atoms. The van der Waals surface area contributed by atoms with E-state index in [9.17, 15) is 0 Å². The zero-order valence-corrected chi connectivity index (χ0v) is 11.3. The number of halogens is 1. The second kappa shape index (κ2) is 5.46. The van der Waals surface area contributed by atoms with Crippen LogP contribution in [0.15, 0.2) is 23.2 Å². The van der Waals surface area contributed by atoms with E-state index < -0.39 is 0 Å². The summed E-state index contributed by atoms with van der Waals surface area (Å²) in [7, 11) is 0. The fourth-order valence-electron chi connectivity index (χ4n) is 1.46. The average molecular weight is 300 g/mol. The number of hydrogen-bond donors (Lipinski definition) is 0. The van der Waals surface area contributed by atoms with Gasteiger partial charge in [0.1, 0.15) is 10.7 Å². The molecule has 0 aliphatic heterocycles. The van der Waals surface area contributed by atoms with Crippen LogP contribution in [0.3, 0.4) is 0 Å². The molecule has 1 atom stereocenters. The normalized spacial score (nSPS) is 12.9. The molecular weight excluding hydrogens is 286 g/mol. The Morgan fingerprint density at radius 3 is 3.12 bits per heavy atom. The zero-order chi connectivity index (χ0) is 12.3. The maximum Gasteiger partial charge on any atom is 0.259 e. The van der Waals surface area contributed by atoms with Gasteiger partial charge in [0.2, 0.25) is 5.65 Å². The summed E-state index contributed by atoms with van der Waals surface area (Å²) in [5.74, 6) is 0.511. The molecule has 0 radical (unpaired) electrons. The molecule has 5 nitrogen and oxygen atoms in total. The van der Waals surface area contributed by atoms with Crippen molar-refractivity contribution in [2.24, 2.45) is 0 Å². The van der Waals surface area contributed by atoms with Gasteiger partial charge in [-0.2, -0.15) is 0 Å². The fourth-order valence-corrected chi connectivity index (χ4v) is 1.84. The minimum absolute atomic E-state index is 0.0581. The van der Waals surface area contributed by atoms with Crippen LogP contribution in [-0.2, 0) is 4.74 Å². The van der Waals surface area contributed by atoms with Gasteiger partial charge in [-0.05, 0) is 29.8 Å². The molecule has 0 aliphatic rings. The summed E-state index contributed by atoms with van der Waals surface area (Å²) < 4.78 is 13.6. The first-order valence-corrected chi connectivity index (χ1v) is 6.23. The molecule has 0 saturated carbocycles. The van der Waals surface area contributed by atoms with E-state index in [1.54, 1.807) is 6.20 Å². The maximum absolute atomic E-state index is 5.72. The van der Waals surface area contributed by atoms with E-state index in [0.29, 0.717) is 29.3 Å². The molecule has 0 amide bonds. The second-order valence-corrected chi connectivity index (χ2v) is 4.43. The third kappa shape index (κ3) is 2.95. The number of aromatic nitrogens is 3. The van der Waals surface area contributed by atoms with Crippen molar-refractivity contribution in [3.05, 3.63) is 23.2 Å². The Labute approximate surface area is 108 Å². The smallest absolute Gasteiger partial charge is 0.259 e.